The fourth-order valence-electron chi connectivity index (χ4n) is 1.69. The zero-order valence-corrected chi connectivity index (χ0v) is 11.8. The third-order valence-electron chi connectivity index (χ3n) is 2.96. The summed E-state index contributed by atoms with van der Waals surface area (Å²) in [6.07, 6.45) is 2.85. The van der Waals surface area contributed by atoms with E-state index in [-0.39, 0.29) is 23.1 Å². The van der Waals surface area contributed by atoms with Crippen molar-refractivity contribution in [2.75, 3.05) is 6.54 Å². The number of rotatable bonds is 7. The third-order valence-corrected chi connectivity index (χ3v) is 4.44. The number of carbonyl (C=O) groups is 1. The van der Waals surface area contributed by atoms with Gasteiger partial charge < -0.3 is 10.4 Å². The highest BCUT2D eigenvalue weighted by atomic mass is 32.2. The maximum absolute atomic E-state index is 11.9. The highest BCUT2D eigenvalue weighted by molar-refractivity contribution is 7.89. The highest BCUT2D eigenvalue weighted by Gasteiger charge is 2.22. The zero-order chi connectivity index (χ0) is 14.6. The number of hydrogen-bond donors (Lipinski definition) is 3. The molecule has 2 rings (SSSR count). The second kappa shape index (κ2) is 6.23. The molecule has 1 saturated carbocycles. The van der Waals surface area contributed by atoms with Crippen molar-refractivity contribution >= 4 is 15.9 Å². The molecule has 6 nitrogen and oxygen atoms in total. The quantitative estimate of drug-likeness (QED) is 0.647. The Balaban J connectivity index is 1.74. The molecule has 0 heterocycles. The highest BCUT2D eigenvalue weighted by Crippen LogP contribution is 2.18. The van der Waals surface area contributed by atoms with Crippen LogP contribution in [0.5, 0.6) is 5.75 Å². The van der Waals surface area contributed by atoms with Gasteiger partial charge in [-0.1, -0.05) is 0 Å². The molecule has 7 heteroatoms. The molecule has 3 N–H and O–H groups in total. The number of hydrogen-bond acceptors (Lipinski definition) is 4. The van der Waals surface area contributed by atoms with Gasteiger partial charge in [0.1, 0.15) is 5.75 Å². The van der Waals surface area contributed by atoms with Gasteiger partial charge in [0.05, 0.1) is 4.90 Å². The number of phenols is 1. The van der Waals surface area contributed by atoms with Crippen LogP contribution in [-0.4, -0.2) is 32.0 Å². The minimum Gasteiger partial charge on any atom is -0.508 e. The summed E-state index contributed by atoms with van der Waals surface area (Å²) in [5.41, 5.74) is 0. The molecule has 1 amide bonds. The molecule has 0 radical (unpaired) electrons. The average molecular weight is 298 g/mol. The van der Waals surface area contributed by atoms with Crippen molar-refractivity contribution in [3.05, 3.63) is 24.3 Å². The van der Waals surface area contributed by atoms with Crippen molar-refractivity contribution in [3.63, 3.8) is 0 Å². The number of sulfonamides is 1. The van der Waals surface area contributed by atoms with Crippen molar-refractivity contribution in [1.82, 2.24) is 10.0 Å². The maximum Gasteiger partial charge on any atom is 0.240 e. The Hall–Kier alpha value is -1.60. The first-order valence-electron chi connectivity index (χ1n) is 6.55. The van der Waals surface area contributed by atoms with Crippen molar-refractivity contribution in [2.24, 2.45) is 0 Å². The predicted octanol–water partition coefficient (Wildman–Crippen LogP) is 0.729. The van der Waals surface area contributed by atoms with Crippen molar-refractivity contribution in [3.8, 4) is 5.75 Å². The van der Waals surface area contributed by atoms with Gasteiger partial charge in [0.25, 0.3) is 0 Å². The standard InChI is InChI=1S/C13H18N2O4S/c16-11-5-7-12(8-6-11)20(18,19)14-9-1-2-13(17)15-10-3-4-10/h5-8,10,14,16H,1-4,9H2,(H,15,17). The fourth-order valence-corrected chi connectivity index (χ4v) is 2.77. The number of phenolic OH excluding ortho intramolecular Hbond substituents is 1. The summed E-state index contributed by atoms with van der Waals surface area (Å²) in [7, 11) is -3.58. The Labute approximate surface area is 118 Å². The number of carbonyl (C=O) groups excluding carboxylic acids is 1. The molecule has 0 spiro atoms. The lowest BCUT2D eigenvalue weighted by molar-refractivity contribution is -0.121. The van der Waals surface area contributed by atoms with E-state index in [9.17, 15) is 13.2 Å². The van der Waals surface area contributed by atoms with E-state index in [0.717, 1.165) is 12.8 Å². The van der Waals surface area contributed by atoms with E-state index in [2.05, 4.69) is 10.0 Å². The monoisotopic (exact) mass is 298 g/mol. The summed E-state index contributed by atoms with van der Waals surface area (Å²) < 4.78 is 26.2. The number of nitrogens with one attached hydrogen (secondary N) is 2. The van der Waals surface area contributed by atoms with Crippen molar-refractivity contribution < 1.29 is 18.3 Å². The average Bonchev–Trinajstić information content (AvgIpc) is 3.19. The zero-order valence-electron chi connectivity index (χ0n) is 11.0. The van der Waals surface area contributed by atoms with E-state index < -0.39 is 10.0 Å². The Bertz CT molecular complexity index is 565. The van der Waals surface area contributed by atoms with E-state index in [1.807, 2.05) is 0 Å². The maximum atomic E-state index is 11.9. The van der Waals surface area contributed by atoms with Gasteiger partial charge >= 0.3 is 0 Å². The van der Waals surface area contributed by atoms with Crippen LogP contribution in [0.15, 0.2) is 29.2 Å². The molecular weight excluding hydrogens is 280 g/mol. The summed E-state index contributed by atoms with van der Waals surface area (Å²) in [5.74, 6) is -0.0166. The van der Waals surface area contributed by atoms with Gasteiger partial charge in [-0.3, -0.25) is 4.79 Å². The van der Waals surface area contributed by atoms with Gasteiger partial charge in [0.15, 0.2) is 0 Å². The van der Waals surface area contributed by atoms with Crippen molar-refractivity contribution in [2.45, 2.75) is 36.6 Å². The SMILES string of the molecule is O=C(CCCNS(=O)(=O)c1ccc(O)cc1)NC1CC1. The van der Waals surface area contributed by atoms with Crippen LogP contribution >= 0.6 is 0 Å². The van der Waals surface area contributed by atoms with E-state index >= 15 is 0 Å². The molecule has 1 fully saturated rings. The first-order valence-corrected chi connectivity index (χ1v) is 8.04. The summed E-state index contributed by atoms with van der Waals surface area (Å²) >= 11 is 0. The lowest BCUT2D eigenvalue weighted by Crippen LogP contribution is -2.28. The van der Waals surface area contributed by atoms with Crippen LogP contribution in [0.4, 0.5) is 0 Å². The lowest BCUT2D eigenvalue weighted by Gasteiger charge is -2.07. The first-order chi connectivity index (χ1) is 9.47. The molecule has 0 aliphatic heterocycles. The Morgan fingerprint density at radius 2 is 1.90 bits per heavy atom. The molecule has 110 valence electrons. The molecule has 1 aromatic rings. The summed E-state index contributed by atoms with van der Waals surface area (Å²) in [5, 5.41) is 12.0. The Morgan fingerprint density at radius 1 is 1.25 bits per heavy atom. The topological polar surface area (TPSA) is 95.5 Å². The smallest absolute Gasteiger partial charge is 0.240 e. The normalized spacial score (nSPS) is 15.0. The first kappa shape index (κ1) is 14.8. The van der Waals surface area contributed by atoms with Crippen LogP contribution in [0.2, 0.25) is 0 Å². The molecule has 0 atom stereocenters. The number of aromatic hydroxyl groups is 1. The molecule has 20 heavy (non-hydrogen) atoms. The van der Waals surface area contributed by atoms with Crippen LogP contribution in [0, 0.1) is 0 Å². The predicted molar refractivity (Wildman–Crippen MR) is 73.7 cm³/mol. The Kier molecular flexibility index (Phi) is 4.61. The molecule has 0 saturated heterocycles. The van der Waals surface area contributed by atoms with E-state index in [1.165, 1.54) is 24.3 Å². The molecule has 1 aromatic carbocycles. The van der Waals surface area contributed by atoms with E-state index in [0.29, 0.717) is 18.9 Å². The van der Waals surface area contributed by atoms with Gasteiger partial charge in [-0.25, -0.2) is 13.1 Å². The van der Waals surface area contributed by atoms with Crippen LogP contribution in [-0.2, 0) is 14.8 Å². The van der Waals surface area contributed by atoms with Gasteiger partial charge in [-0.15, -0.1) is 0 Å². The molecule has 1 aliphatic rings. The summed E-state index contributed by atoms with van der Waals surface area (Å²) in [4.78, 5) is 11.5. The van der Waals surface area contributed by atoms with Gasteiger partial charge in [-0.2, -0.15) is 0 Å². The fraction of sp³-hybridized carbons (Fsp3) is 0.462. The lowest BCUT2D eigenvalue weighted by atomic mass is 10.3. The van der Waals surface area contributed by atoms with Crippen molar-refractivity contribution in [1.29, 1.82) is 0 Å². The Morgan fingerprint density at radius 3 is 2.50 bits per heavy atom. The van der Waals surface area contributed by atoms with Crippen LogP contribution in [0.25, 0.3) is 0 Å². The number of benzene rings is 1. The largest absolute Gasteiger partial charge is 0.508 e. The summed E-state index contributed by atoms with van der Waals surface area (Å²) in [6, 6.07) is 5.63. The molecule has 0 aromatic heterocycles. The van der Waals surface area contributed by atoms with Gasteiger partial charge in [0.2, 0.25) is 15.9 Å². The third kappa shape index (κ3) is 4.50. The van der Waals surface area contributed by atoms with Crippen LogP contribution in [0.1, 0.15) is 25.7 Å². The molecule has 0 unspecified atom stereocenters. The minimum absolute atomic E-state index is 0.0145. The second-order valence-electron chi connectivity index (χ2n) is 4.84. The van der Waals surface area contributed by atoms with E-state index in [1.54, 1.807) is 0 Å². The molecule has 0 bridgehead atoms. The number of amides is 1. The second-order valence-corrected chi connectivity index (χ2v) is 6.60. The van der Waals surface area contributed by atoms with Gasteiger partial charge in [-0.05, 0) is 43.5 Å². The molecular formula is C13H18N2O4S. The molecule has 1 aliphatic carbocycles. The van der Waals surface area contributed by atoms with E-state index in [4.69, 9.17) is 5.11 Å². The van der Waals surface area contributed by atoms with Crippen LogP contribution in [0.3, 0.4) is 0 Å². The van der Waals surface area contributed by atoms with Gasteiger partial charge in [0, 0.05) is 19.0 Å². The minimum atomic E-state index is -3.58. The van der Waals surface area contributed by atoms with Crippen LogP contribution < -0.4 is 10.0 Å². The summed E-state index contributed by atoms with van der Waals surface area (Å²) in [6.45, 7) is 0.210.